The van der Waals surface area contributed by atoms with E-state index in [1.54, 1.807) is 7.11 Å². The molecule has 2 bridgehead atoms. The van der Waals surface area contributed by atoms with E-state index in [1.807, 2.05) is 0 Å². The molecule has 1 aliphatic carbocycles. The zero-order valence-corrected chi connectivity index (χ0v) is 17.8. The smallest absolute Gasteiger partial charge is 0.118 e. The van der Waals surface area contributed by atoms with E-state index in [-0.39, 0.29) is 24.8 Å². The van der Waals surface area contributed by atoms with Crippen LogP contribution in [0.2, 0.25) is 0 Å². The maximum atomic E-state index is 5.29. The Bertz CT molecular complexity index is 604. The minimum Gasteiger partial charge on any atom is -0.497 e. The third kappa shape index (κ3) is 4.40. The van der Waals surface area contributed by atoms with Crippen LogP contribution in [0.3, 0.4) is 0 Å². The summed E-state index contributed by atoms with van der Waals surface area (Å²) in [4.78, 5) is 5.57. The predicted molar refractivity (Wildman–Crippen MR) is 114 cm³/mol. The van der Waals surface area contributed by atoms with Gasteiger partial charge in [-0.2, -0.15) is 0 Å². The van der Waals surface area contributed by atoms with Crippen molar-refractivity contribution < 1.29 is 4.74 Å². The summed E-state index contributed by atoms with van der Waals surface area (Å²) in [5.41, 5.74) is 1.41. The first-order chi connectivity index (χ1) is 12.3. The Kier molecular flexibility index (Phi) is 6.97. The van der Waals surface area contributed by atoms with Gasteiger partial charge >= 0.3 is 0 Å². The topological polar surface area (TPSA) is 27.7 Å². The summed E-state index contributed by atoms with van der Waals surface area (Å²) in [5, 5.41) is 3.54. The van der Waals surface area contributed by atoms with Gasteiger partial charge in [0.15, 0.2) is 0 Å². The molecule has 0 radical (unpaired) electrons. The molecule has 0 spiro atoms. The van der Waals surface area contributed by atoms with Crippen molar-refractivity contribution in [1.82, 2.24) is 15.1 Å². The first kappa shape index (κ1) is 21.2. The van der Waals surface area contributed by atoms with E-state index in [2.05, 4.69) is 39.4 Å². The van der Waals surface area contributed by atoms with E-state index in [0.29, 0.717) is 0 Å². The van der Waals surface area contributed by atoms with Gasteiger partial charge in [0.2, 0.25) is 0 Å². The summed E-state index contributed by atoms with van der Waals surface area (Å²) in [5.74, 6) is 4.81. The van der Waals surface area contributed by atoms with Crippen LogP contribution in [0.1, 0.15) is 18.4 Å². The molecule has 1 aromatic carbocycles. The summed E-state index contributed by atoms with van der Waals surface area (Å²) in [6.07, 6.45) is 2.84. The van der Waals surface area contributed by atoms with Gasteiger partial charge < -0.3 is 10.1 Å². The highest BCUT2D eigenvalue weighted by Gasteiger charge is 2.53. The van der Waals surface area contributed by atoms with Crippen LogP contribution in [-0.4, -0.2) is 62.2 Å². The first-order valence-corrected chi connectivity index (χ1v) is 10.1. The molecular formula is C21H33Cl2N3O. The molecule has 6 heteroatoms. The van der Waals surface area contributed by atoms with E-state index in [0.717, 1.165) is 42.0 Å². The summed E-state index contributed by atoms with van der Waals surface area (Å²) >= 11 is 0. The highest BCUT2D eigenvalue weighted by Crippen LogP contribution is 2.49. The van der Waals surface area contributed by atoms with Gasteiger partial charge in [-0.15, -0.1) is 24.8 Å². The van der Waals surface area contributed by atoms with Crippen LogP contribution in [0.4, 0.5) is 0 Å². The maximum absolute atomic E-state index is 5.29. The number of methoxy groups -OCH3 is 1. The molecule has 1 unspecified atom stereocenters. The number of halogens is 2. The largest absolute Gasteiger partial charge is 0.497 e. The Labute approximate surface area is 175 Å². The van der Waals surface area contributed by atoms with E-state index < -0.39 is 0 Å². The second-order valence-electron chi connectivity index (χ2n) is 8.74. The fourth-order valence-electron chi connectivity index (χ4n) is 5.71. The quantitative estimate of drug-likeness (QED) is 0.802. The Morgan fingerprint density at radius 1 is 1.00 bits per heavy atom. The highest BCUT2D eigenvalue weighted by atomic mass is 35.5. The van der Waals surface area contributed by atoms with Crippen molar-refractivity contribution in [3.05, 3.63) is 29.8 Å². The fourth-order valence-corrected chi connectivity index (χ4v) is 5.71. The minimum absolute atomic E-state index is 0. The molecule has 4 heterocycles. The lowest BCUT2D eigenvalue weighted by atomic mass is 9.94. The van der Waals surface area contributed by atoms with Crippen molar-refractivity contribution in [2.45, 2.75) is 25.4 Å². The number of piperidine rings is 2. The Morgan fingerprint density at radius 2 is 1.74 bits per heavy atom. The Balaban J connectivity index is 0.00000105. The molecule has 5 atom stereocenters. The first-order valence-electron chi connectivity index (χ1n) is 10.1. The van der Waals surface area contributed by atoms with E-state index in [9.17, 15) is 0 Å². The van der Waals surface area contributed by atoms with E-state index in [4.69, 9.17) is 4.74 Å². The third-order valence-electron chi connectivity index (χ3n) is 7.18. The van der Waals surface area contributed by atoms with Gasteiger partial charge in [-0.25, -0.2) is 0 Å². The lowest BCUT2D eigenvalue weighted by Gasteiger charge is -2.36. The molecule has 1 saturated carbocycles. The normalized spacial score (nSPS) is 34.9. The molecule has 0 amide bonds. The zero-order valence-electron chi connectivity index (χ0n) is 16.2. The summed E-state index contributed by atoms with van der Waals surface area (Å²) in [6, 6.07) is 9.41. The Hall–Kier alpha value is -0.520. The molecule has 27 heavy (non-hydrogen) atoms. The number of hydrogen-bond donors (Lipinski definition) is 1. The third-order valence-corrected chi connectivity index (χ3v) is 7.18. The summed E-state index contributed by atoms with van der Waals surface area (Å²) < 4.78 is 5.29. The molecule has 5 fully saturated rings. The van der Waals surface area contributed by atoms with Crippen molar-refractivity contribution >= 4 is 24.8 Å². The summed E-state index contributed by atoms with van der Waals surface area (Å²) in [6.45, 7) is 8.88. The SMILES string of the molecule is COc1ccc(CN2C[C@@H]3CC[C@H](C2)N(CC2[C@H]4CNC[C@@H]24)C3)cc1.Cl.Cl. The molecule has 4 nitrogen and oxygen atoms in total. The average Bonchev–Trinajstić information content (AvgIpc) is 3.17. The molecular weight excluding hydrogens is 381 g/mol. The van der Waals surface area contributed by atoms with Crippen molar-refractivity contribution in [2.75, 3.05) is 46.4 Å². The van der Waals surface area contributed by atoms with Gasteiger partial charge in [0.25, 0.3) is 0 Å². The number of benzene rings is 1. The van der Waals surface area contributed by atoms with Gasteiger partial charge in [-0.1, -0.05) is 12.1 Å². The average molecular weight is 414 g/mol. The molecule has 1 aromatic rings. The Morgan fingerprint density at radius 3 is 2.44 bits per heavy atom. The number of nitrogens with one attached hydrogen (secondary N) is 1. The molecule has 152 valence electrons. The van der Waals surface area contributed by atoms with Crippen molar-refractivity contribution in [1.29, 1.82) is 0 Å². The van der Waals surface area contributed by atoms with Crippen LogP contribution in [0.5, 0.6) is 5.75 Å². The van der Waals surface area contributed by atoms with Crippen LogP contribution in [0.15, 0.2) is 24.3 Å². The number of fused-ring (bicyclic) bond motifs is 5. The zero-order chi connectivity index (χ0) is 16.8. The minimum atomic E-state index is 0. The van der Waals surface area contributed by atoms with Crippen molar-refractivity contribution in [3.8, 4) is 5.75 Å². The van der Waals surface area contributed by atoms with Crippen LogP contribution in [-0.2, 0) is 6.54 Å². The second kappa shape index (κ2) is 8.87. The lowest BCUT2D eigenvalue weighted by Crippen LogP contribution is -2.45. The second-order valence-corrected chi connectivity index (χ2v) is 8.74. The van der Waals surface area contributed by atoms with Gasteiger partial charge in [-0.05, 0) is 67.3 Å². The van der Waals surface area contributed by atoms with E-state index >= 15 is 0 Å². The molecule has 6 rings (SSSR count). The van der Waals surface area contributed by atoms with Gasteiger partial charge in [0.05, 0.1) is 7.11 Å². The van der Waals surface area contributed by atoms with Crippen LogP contribution in [0, 0.1) is 23.7 Å². The molecule has 1 N–H and O–H groups in total. The number of rotatable bonds is 5. The summed E-state index contributed by atoms with van der Waals surface area (Å²) in [7, 11) is 1.74. The predicted octanol–water partition coefficient (Wildman–Crippen LogP) is 2.90. The van der Waals surface area contributed by atoms with Gasteiger partial charge in [0, 0.05) is 38.8 Å². The fraction of sp³-hybridized carbons (Fsp3) is 0.714. The van der Waals surface area contributed by atoms with Crippen LogP contribution >= 0.6 is 24.8 Å². The van der Waals surface area contributed by atoms with E-state index in [1.165, 1.54) is 57.7 Å². The van der Waals surface area contributed by atoms with Crippen LogP contribution < -0.4 is 10.1 Å². The standard InChI is InChI=1S/C21H31N3O.2ClH/c1-25-18-6-3-15(4-7-18)10-23-11-16-2-5-17(13-23)24(12-16)14-21-19-8-22-9-20(19)21;;/h3-4,6-7,16-17,19-22H,2,5,8-14H2,1H3;2*1H/t16-,17+,19-,20+,21?;;/m0../s1. The monoisotopic (exact) mass is 413 g/mol. The lowest BCUT2D eigenvalue weighted by molar-refractivity contribution is 0.120. The van der Waals surface area contributed by atoms with Crippen LogP contribution in [0.25, 0.3) is 0 Å². The highest BCUT2D eigenvalue weighted by molar-refractivity contribution is 5.85. The van der Waals surface area contributed by atoms with Crippen molar-refractivity contribution in [3.63, 3.8) is 0 Å². The molecule has 5 aliphatic rings. The molecule has 4 aliphatic heterocycles. The van der Waals surface area contributed by atoms with Gasteiger partial charge in [-0.3, -0.25) is 9.80 Å². The maximum Gasteiger partial charge on any atom is 0.118 e. The number of nitrogens with zero attached hydrogens (tertiary/aromatic N) is 2. The molecule has 0 aromatic heterocycles. The molecule has 4 saturated heterocycles. The van der Waals surface area contributed by atoms with Crippen molar-refractivity contribution in [2.24, 2.45) is 23.7 Å². The number of hydrogen-bond acceptors (Lipinski definition) is 4. The number of ether oxygens (including phenoxy) is 1. The van der Waals surface area contributed by atoms with Gasteiger partial charge in [0.1, 0.15) is 5.75 Å².